The van der Waals surface area contributed by atoms with E-state index in [1.807, 2.05) is 4.90 Å². The standard InChI is InChI=1S/C24H32N4O4S/c1-15(24-12-16-8-17(13-24)10-18(9-16)14-24)25-23(33)26-22(29)19-2-3-20(21(11-19)28(30)31)27-4-6-32-7-5-27/h2-3,11,15-18H,4-10,12-14H2,1H3,(H2,25,26,29,33). The Balaban J connectivity index is 1.24. The molecular weight excluding hydrogens is 440 g/mol. The Morgan fingerprint density at radius 1 is 1.18 bits per heavy atom. The summed E-state index contributed by atoms with van der Waals surface area (Å²) in [5, 5.41) is 18.1. The number of rotatable bonds is 5. The van der Waals surface area contributed by atoms with Crippen LogP contribution in [0.5, 0.6) is 0 Å². The van der Waals surface area contributed by atoms with E-state index < -0.39 is 10.8 Å². The molecule has 1 aromatic carbocycles. The van der Waals surface area contributed by atoms with Crippen LogP contribution < -0.4 is 15.5 Å². The number of anilines is 1. The fourth-order valence-electron chi connectivity index (χ4n) is 7.15. The summed E-state index contributed by atoms with van der Waals surface area (Å²) in [6.07, 6.45) is 7.89. The molecule has 4 aliphatic carbocycles. The van der Waals surface area contributed by atoms with Crippen LogP contribution in [0.4, 0.5) is 11.4 Å². The first-order valence-electron chi connectivity index (χ1n) is 12.1. The van der Waals surface area contributed by atoms with Gasteiger partial charge in [0.2, 0.25) is 0 Å². The number of nitro groups is 1. The fraction of sp³-hybridized carbons (Fsp3) is 0.667. The van der Waals surface area contributed by atoms with E-state index in [9.17, 15) is 14.9 Å². The van der Waals surface area contributed by atoms with Crippen LogP contribution in [-0.4, -0.2) is 48.3 Å². The van der Waals surface area contributed by atoms with Crippen molar-refractivity contribution in [2.45, 2.75) is 51.5 Å². The van der Waals surface area contributed by atoms with Crippen molar-refractivity contribution in [1.82, 2.24) is 10.6 Å². The molecule has 1 heterocycles. The molecular formula is C24H32N4O4S. The SMILES string of the molecule is CC(NC(=S)NC(=O)c1ccc(N2CCOCC2)c([N+](=O)[O-])c1)C12CC3CC(CC(C3)C1)C2. The van der Waals surface area contributed by atoms with Crippen molar-refractivity contribution in [3.8, 4) is 0 Å². The number of nitrogens with one attached hydrogen (secondary N) is 2. The number of ether oxygens (including phenoxy) is 1. The van der Waals surface area contributed by atoms with E-state index in [0.29, 0.717) is 37.1 Å². The van der Waals surface area contributed by atoms with Crippen molar-refractivity contribution in [2.24, 2.45) is 23.2 Å². The monoisotopic (exact) mass is 472 g/mol. The third kappa shape index (κ3) is 4.45. The first-order chi connectivity index (χ1) is 15.8. The summed E-state index contributed by atoms with van der Waals surface area (Å²) >= 11 is 5.48. The number of morpholine rings is 1. The van der Waals surface area contributed by atoms with Gasteiger partial charge in [-0.2, -0.15) is 0 Å². The van der Waals surface area contributed by atoms with Gasteiger partial charge in [-0.25, -0.2) is 0 Å². The molecule has 0 aromatic heterocycles. The molecule has 1 unspecified atom stereocenters. The van der Waals surface area contributed by atoms with Crippen molar-refractivity contribution >= 4 is 34.6 Å². The van der Waals surface area contributed by atoms with E-state index in [1.165, 1.54) is 44.6 Å². The van der Waals surface area contributed by atoms with E-state index >= 15 is 0 Å². The Kier molecular flexibility index (Phi) is 6.03. The highest BCUT2D eigenvalue weighted by atomic mass is 32.1. The lowest BCUT2D eigenvalue weighted by molar-refractivity contribution is -0.384. The number of nitro benzene ring substituents is 1. The molecule has 178 valence electrons. The number of thiocarbonyl (C=S) groups is 1. The Bertz CT molecular complexity index is 926. The van der Waals surface area contributed by atoms with Crippen LogP contribution >= 0.6 is 12.2 Å². The molecule has 1 atom stereocenters. The molecule has 33 heavy (non-hydrogen) atoms. The van der Waals surface area contributed by atoms with Gasteiger partial charge >= 0.3 is 0 Å². The second-order valence-electron chi connectivity index (χ2n) is 10.5. The number of hydrogen-bond acceptors (Lipinski definition) is 6. The molecule has 4 saturated carbocycles. The first kappa shape index (κ1) is 22.5. The van der Waals surface area contributed by atoms with Crippen molar-refractivity contribution < 1.29 is 14.5 Å². The summed E-state index contributed by atoms with van der Waals surface area (Å²) in [4.78, 5) is 26.0. The average Bonchev–Trinajstić information content (AvgIpc) is 2.78. The molecule has 5 aliphatic rings. The summed E-state index contributed by atoms with van der Waals surface area (Å²) in [6.45, 7) is 4.42. The van der Waals surface area contributed by atoms with Crippen molar-refractivity contribution in [3.05, 3.63) is 33.9 Å². The molecule has 1 saturated heterocycles. The maximum Gasteiger partial charge on any atom is 0.293 e. The van der Waals surface area contributed by atoms with E-state index in [1.54, 1.807) is 12.1 Å². The topological polar surface area (TPSA) is 96.7 Å². The number of carbonyl (C=O) groups is 1. The van der Waals surface area contributed by atoms with Crippen molar-refractivity contribution in [1.29, 1.82) is 0 Å². The summed E-state index contributed by atoms with van der Waals surface area (Å²) in [5.41, 5.74) is 0.925. The van der Waals surface area contributed by atoms with Crippen molar-refractivity contribution in [3.63, 3.8) is 0 Å². The first-order valence-corrected chi connectivity index (χ1v) is 12.5. The Morgan fingerprint density at radius 3 is 2.36 bits per heavy atom. The fourth-order valence-corrected chi connectivity index (χ4v) is 7.42. The highest BCUT2D eigenvalue weighted by Gasteiger charge is 2.53. The highest BCUT2D eigenvalue weighted by molar-refractivity contribution is 7.80. The predicted molar refractivity (Wildman–Crippen MR) is 129 cm³/mol. The molecule has 4 bridgehead atoms. The summed E-state index contributed by atoms with van der Waals surface area (Å²) in [5.74, 6) is 2.10. The molecule has 0 radical (unpaired) electrons. The second kappa shape index (κ2) is 8.83. The maximum absolute atomic E-state index is 12.9. The third-order valence-electron chi connectivity index (χ3n) is 8.36. The number of hydrogen-bond donors (Lipinski definition) is 2. The Hall–Kier alpha value is -2.26. The van der Waals surface area contributed by atoms with Gasteiger partial charge in [0.05, 0.1) is 18.1 Å². The van der Waals surface area contributed by atoms with Gasteiger partial charge < -0.3 is 15.0 Å². The predicted octanol–water partition coefficient (Wildman–Crippen LogP) is 3.64. The van der Waals surface area contributed by atoms with Crippen LogP contribution in [0.1, 0.15) is 55.8 Å². The van der Waals surface area contributed by atoms with Crippen LogP contribution in [0.3, 0.4) is 0 Å². The molecule has 0 spiro atoms. The molecule has 8 nitrogen and oxygen atoms in total. The summed E-state index contributed by atoms with van der Waals surface area (Å²) < 4.78 is 5.34. The molecule has 5 fully saturated rings. The maximum atomic E-state index is 12.9. The van der Waals surface area contributed by atoms with Gasteiger partial charge in [0, 0.05) is 30.8 Å². The summed E-state index contributed by atoms with van der Waals surface area (Å²) in [7, 11) is 0. The minimum Gasteiger partial charge on any atom is -0.378 e. The average molecular weight is 473 g/mol. The van der Waals surface area contributed by atoms with Gasteiger partial charge in [0.25, 0.3) is 11.6 Å². The zero-order valence-corrected chi connectivity index (χ0v) is 19.9. The Labute approximate surface area is 199 Å². The number of amides is 1. The quantitative estimate of drug-likeness (QED) is 0.384. The van der Waals surface area contributed by atoms with E-state index in [0.717, 1.165) is 17.8 Å². The second-order valence-corrected chi connectivity index (χ2v) is 10.9. The summed E-state index contributed by atoms with van der Waals surface area (Å²) in [6, 6.07) is 4.80. The van der Waals surface area contributed by atoms with Gasteiger partial charge in [0.15, 0.2) is 5.11 Å². The van der Waals surface area contributed by atoms with Gasteiger partial charge in [-0.3, -0.25) is 20.2 Å². The minimum absolute atomic E-state index is 0.0784. The van der Waals surface area contributed by atoms with Gasteiger partial charge in [-0.15, -0.1) is 0 Å². The molecule has 1 aliphatic heterocycles. The zero-order chi connectivity index (χ0) is 23.2. The van der Waals surface area contributed by atoms with E-state index in [4.69, 9.17) is 17.0 Å². The van der Waals surface area contributed by atoms with Gasteiger partial charge in [-0.1, -0.05) is 0 Å². The molecule has 2 N–H and O–H groups in total. The smallest absolute Gasteiger partial charge is 0.293 e. The highest BCUT2D eigenvalue weighted by Crippen LogP contribution is 2.61. The lowest BCUT2D eigenvalue weighted by Gasteiger charge is -2.59. The largest absolute Gasteiger partial charge is 0.378 e. The third-order valence-corrected chi connectivity index (χ3v) is 8.58. The molecule has 9 heteroatoms. The number of benzene rings is 1. The number of nitrogens with zero attached hydrogens (tertiary/aromatic N) is 2. The van der Waals surface area contributed by atoms with Crippen molar-refractivity contribution in [2.75, 3.05) is 31.2 Å². The van der Waals surface area contributed by atoms with Crippen LogP contribution in [0.15, 0.2) is 18.2 Å². The molecule has 1 amide bonds. The lowest BCUT2D eigenvalue weighted by Crippen LogP contribution is -2.57. The molecule has 1 aromatic rings. The van der Waals surface area contributed by atoms with Crippen LogP contribution in [0.2, 0.25) is 0 Å². The normalized spacial score (nSPS) is 31.2. The minimum atomic E-state index is -0.437. The lowest BCUT2D eigenvalue weighted by atomic mass is 9.48. The number of carbonyl (C=O) groups excluding carboxylic acids is 1. The molecule has 6 rings (SSSR count). The van der Waals surface area contributed by atoms with Gasteiger partial charge in [0.1, 0.15) is 5.69 Å². The van der Waals surface area contributed by atoms with Crippen LogP contribution in [-0.2, 0) is 4.74 Å². The van der Waals surface area contributed by atoms with Crippen LogP contribution in [0.25, 0.3) is 0 Å². The van der Waals surface area contributed by atoms with Crippen LogP contribution in [0, 0.1) is 33.3 Å². The van der Waals surface area contributed by atoms with E-state index in [-0.39, 0.29) is 22.7 Å². The van der Waals surface area contributed by atoms with Gasteiger partial charge in [-0.05, 0) is 93.0 Å². The Morgan fingerprint density at radius 2 is 1.79 bits per heavy atom. The zero-order valence-electron chi connectivity index (χ0n) is 19.0. The van der Waals surface area contributed by atoms with E-state index in [2.05, 4.69) is 17.6 Å².